The molecule has 0 bridgehead atoms. The molecule has 0 saturated carbocycles. The van der Waals surface area contributed by atoms with E-state index in [0.717, 1.165) is 0 Å². The molecule has 0 aliphatic carbocycles. The molecular weight excluding hydrogens is 363 g/mol. The van der Waals surface area contributed by atoms with Crippen LogP contribution in [-0.2, 0) is 0 Å². The predicted molar refractivity (Wildman–Crippen MR) is 97.4 cm³/mol. The van der Waals surface area contributed by atoms with Gasteiger partial charge in [0.15, 0.2) is 0 Å². The van der Waals surface area contributed by atoms with Gasteiger partial charge >= 0.3 is 0 Å². The Morgan fingerprint density at radius 3 is 2.29 bits per heavy atom. The van der Waals surface area contributed by atoms with Crippen LogP contribution in [0.3, 0.4) is 0 Å². The number of tetrazole rings is 1. The van der Waals surface area contributed by atoms with Crippen LogP contribution in [0.25, 0.3) is 5.69 Å². The molecule has 28 heavy (non-hydrogen) atoms. The summed E-state index contributed by atoms with van der Waals surface area (Å²) in [6, 6.07) is 12.7. The summed E-state index contributed by atoms with van der Waals surface area (Å²) < 4.78 is 14.8. The highest BCUT2D eigenvalue weighted by Crippen LogP contribution is 2.17. The third-order valence-electron chi connectivity index (χ3n) is 4.66. The molecular formula is C19H17FN6O2. The molecule has 1 fully saturated rings. The fourth-order valence-electron chi connectivity index (χ4n) is 3.21. The van der Waals surface area contributed by atoms with Crippen molar-refractivity contribution in [1.82, 2.24) is 30.0 Å². The molecule has 0 atom stereocenters. The van der Waals surface area contributed by atoms with Crippen LogP contribution in [0.5, 0.6) is 0 Å². The standard InChI is InChI=1S/C19H17FN6O2/c20-15-5-3-4-14(12-15)18(27)24-8-10-25(11-9-24)19(28)16-6-1-2-7-17(16)26-13-21-22-23-26/h1-7,12-13H,8-11H2. The van der Waals surface area contributed by atoms with Gasteiger partial charge in [-0.1, -0.05) is 18.2 Å². The second-order valence-corrected chi connectivity index (χ2v) is 6.37. The highest BCUT2D eigenvalue weighted by molar-refractivity contribution is 5.98. The van der Waals surface area contributed by atoms with Gasteiger partial charge in [-0.05, 0) is 40.8 Å². The molecule has 9 heteroatoms. The SMILES string of the molecule is O=C(c1cccc(F)c1)N1CCN(C(=O)c2ccccc2-n2cnnn2)CC1. The van der Waals surface area contributed by atoms with Crippen LogP contribution in [0, 0.1) is 5.82 Å². The van der Waals surface area contributed by atoms with E-state index >= 15 is 0 Å². The van der Waals surface area contributed by atoms with Gasteiger partial charge in [-0.3, -0.25) is 9.59 Å². The second-order valence-electron chi connectivity index (χ2n) is 6.37. The van der Waals surface area contributed by atoms with E-state index in [1.807, 2.05) is 6.07 Å². The van der Waals surface area contributed by atoms with Crippen molar-refractivity contribution in [3.8, 4) is 5.69 Å². The highest BCUT2D eigenvalue weighted by atomic mass is 19.1. The van der Waals surface area contributed by atoms with E-state index in [4.69, 9.17) is 0 Å². The van der Waals surface area contributed by atoms with Crippen LogP contribution in [0.4, 0.5) is 4.39 Å². The van der Waals surface area contributed by atoms with Crippen molar-refractivity contribution >= 4 is 11.8 Å². The maximum absolute atomic E-state index is 13.4. The topological polar surface area (TPSA) is 84.2 Å². The highest BCUT2D eigenvalue weighted by Gasteiger charge is 2.27. The molecule has 0 unspecified atom stereocenters. The molecule has 2 aromatic carbocycles. The number of aromatic nitrogens is 4. The summed E-state index contributed by atoms with van der Waals surface area (Å²) in [7, 11) is 0. The molecule has 3 aromatic rings. The number of benzene rings is 2. The maximum Gasteiger partial charge on any atom is 0.256 e. The largest absolute Gasteiger partial charge is 0.335 e. The van der Waals surface area contributed by atoms with E-state index in [-0.39, 0.29) is 11.8 Å². The monoisotopic (exact) mass is 380 g/mol. The zero-order valence-electron chi connectivity index (χ0n) is 14.9. The second kappa shape index (κ2) is 7.55. The molecule has 0 radical (unpaired) electrons. The number of carbonyl (C=O) groups excluding carboxylic acids is 2. The lowest BCUT2D eigenvalue weighted by Crippen LogP contribution is -2.50. The first kappa shape index (κ1) is 17.8. The number of rotatable bonds is 3. The Labute approximate surface area is 160 Å². The predicted octanol–water partition coefficient (Wildman–Crippen LogP) is 1.40. The van der Waals surface area contributed by atoms with Gasteiger partial charge in [0.05, 0.1) is 11.3 Å². The number of piperazine rings is 1. The quantitative estimate of drug-likeness (QED) is 0.686. The van der Waals surface area contributed by atoms with Crippen LogP contribution >= 0.6 is 0 Å². The molecule has 4 rings (SSSR count). The van der Waals surface area contributed by atoms with E-state index in [0.29, 0.717) is 43.0 Å². The zero-order valence-corrected chi connectivity index (χ0v) is 14.9. The first-order valence-electron chi connectivity index (χ1n) is 8.80. The summed E-state index contributed by atoms with van der Waals surface area (Å²) in [5.41, 5.74) is 1.39. The van der Waals surface area contributed by atoms with E-state index in [1.165, 1.54) is 29.2 Å². The lowest BCUT2D eigenvalue weighted by Gasteiger charge is -2.35. The molecule has 0 spiro atoms. The number of hydrogen-bond acceptors (Lipinski definition) is 5. The summed E-state index contributed by atoms with van der Waals surface area (Å²) >= 11 is 0. The van der Waals surface area contributed by atoms with E-state index in [9.17, 15) is 14.0 Å². The van der Waals surface area contributed by atoms with Crippen molar-refractivity contribution < 1.29 is 14.0 Å². The van der Waals surface area contributed by atoms with Gasteiger partial charge in [0.25, 0.3) is 11.8 Å². The van der Waals surface area contributed by atoms with Crippen molar-refractivity contribution in [3.63, 3.8) is 0 Å². The van der Waals surface area contributed by atoms with Gasteiger partial charge in [-0.25, -0.2) is 4.39 Å². The fraction of sp³-hybridized carbons (Fsp3) is 0.211. The number of amides is 2. The molecule has 142 valence electrons. The Hall–Kier alpha value is -3.62. The van der Waals surface area contributed by atoms with Crippen LogP contribution < -0.4 is 0 Å². The minimum Gasteiger partial charge on any atom is -0.335 e. The third kappa shape index (κ3) is 3.46. The number of halogens is 1. The molecule has 0 N–H and O–H groups in total. The minimum absolute atomic E-state index is 0.149. The van der Waals surface area contributed by atoms with Crippen LogP contribution in [0.1, 0.15) is 20.7 Å². The lowest BCUT2D eigenvalue weighted by molar-refractivity contribution is 0.0535. The fourth-order valence-corrected chi connectivity index (χ4v) is 3.21. The number of carbonyl (C=O) groups is 2. The van der Waals surface area contributed by atoms with Crippen molar-refractivity contribution in [2.75, 3.05) is 26.2 Å². The average Bonchev–Trinajstić information content (AvgIpc) is 3.28. The average molecular weight is 380 g/mol. The Kier molecular flexibility index (Phi) is 4.79. The Balaban J connectivity index is 1.46. The summed E-state index contributed by atoms with van der Waals surface area (Å²) in [5, 5.41) is 11.1. The van der Waals surface area contributed by atoms with Crippen LogP contribution in [0.15, 0.2) is 54.9 Å². The van der Waals surface area contributed by atoms with E-state index in [1.54, 1.807) is 34.1 Å². The lowest BCUT2D eigenvalue weighted by atomic mass is 10.1. The third-order valence-corrected chi connectivity index (χ3v) is 4.66. The van der Waals surface area contributed by atoms with E-state index < -0.39 is 5.82 Å². The summed E-state index contributed by atoms with van der Waals surface area (Å²) in [4.78, 5) is 28.9. The van der Waals surface area contributed by atoms with Crippen LogP contribution in [0.2, 0.25) is 0 Å². The molecule has 2 amide bonds. The summed E-state index contributed by atoms with van der Waals surface area (Å²) in [5.74, 6) is -0.830. The summed E-state index contributed by atoms with van der Waals surface area (Å²) in [6.45, 7) is 1.55. The van der Waals surface area contributed by atoms with Crippen molar-refractivity contribution in [1.29, 1.82) is 0 Å². The first-order valence-corrected chi connectivity index (χ1v) is 8.80. The molecule has 1 saturated heterocycles. The first-order chi connectivity index (χ1) is 13.6. The van der Waals surface area contributed by atoms with Gasteiger partial charge in [0.1, 0.15) is 12.1 Å². The van der Waals surface area contributed by atoms with Crippen molar-refractivity contribution in [2.45, 2.75) is 0 Å². The molecule has 2 heterocycles. The Morgan fingerprint density at radius 2 is 1.61 bits per heavy atom. The molecule has 1 aromatic heterocycles. The molecule has 1 aliphatic rings. The summed E-state index contributed by atoms with van der Waals surface area (Å²) in [6.07, 6.45) is 1.43. The number of para-hydroxylation sites is 1. The smallest absolute Gasteiger partial charge is 0.256 e. The Bertz CT molecular complexity index is 999. The zero-order chi connectivity index (χ0) is 19.5. The minimum atomic E-state index is -0.445. The number of hydrogen-bond donors (Lipinski definition) is 0. The van der Waals surface area contributed by atoms with Gasteiger partial charge in [0, 0.05) is 31.7 Å². The Morgan fingerprint density at radius 1 is 0.893 bits per heavy atom. The van der Waals surface area contributed by atoms with E-state index in [2.05, 4.69) is 15.5 Å². The van der Waals surface area contributed by atoms with Gasteiger partial charge in [0.2, 0.25) is 0 Å². The normalized spacial score (nSPS) is 14.2. The van der Waals surface area contributed by atoms with Gasteiger partial charge < -0.3 is 9.80 Å². The van der Waals surface area contributed by atoms with Crippen LogP contribution in [-0.4, -0.2) is 68.0 Å². The van der Waals surface area contributed by atoms with Crippen molar-refractivity contribution in [3.05, 3.63) is 71.8 Å². The van der Waals surface area contributed by atoms with Gasteiger partial charge in [-0.2, -0.15) is 4.68 Å². The molecule has 1 aliphatic heterocycles. The number of nitrogens with zero attached hydrogens (tertiary/aromatic N) is 6. The van der Waals surface area contributed by atoms with Crippen molar-refractivity contribution in [2.24, 2.45) is 0 Å². The maximum atomic E-state index is 13.4. The molecule has 8 nitrogen and oxygen atoms in total. The van der Waals surface area contributed by atoms with Gasteiger partial charge in [-0.15, -0.1) is 5.10 Å².